The van der Waals surface area contributed by atoms with Crippen LogP contribution in [0.3, 0.4) is 0 Å². The maximum Gasteiger partial charge on any atom is 0.226 e. The lowest BCUT2D eigenvalue weighted by atomic mass is 10.1. The molecule has 0 bridgehead atoms. The number of carbonyl (C=O) groups excluding carboxylic acids is 2. The molecule has 6 heteroatoms. The molecular weight excluding hydrogens is 333 g/mol. The molecule has 0 spiro atoms. The molecule has 2 amide bonds. The first kappa shape index (κ1) is 18.7. The number of para-hydroxylation sites is 1. The molecule has 26 heavy (non-hydrogen) atoms. The Balaban J connectivity index is 1.58. The second kappa shape index (κ2) is 8.52. The van der Waals surface area contributed by atoms with Crippen molar-refractivity contribution in [1.29, 1.82) is 0 Å². The van der Waals surface area contributed by atoms with Crippen LogP contribution in [0.25, 0.3) is 0 Å². The lowest BCUT2D eigenvalue weighted by Crippen LogP contribution is -2.38. The van der Waals surface area contributed by atoms with Crippen LogP contribution in [0.5, 0.6) is 0 Å². The van der Waals surface area contributed by atoms with E-state index in [1.54, 1.807) is 6.07 Å². The number of anilines is 2. The third-order valence-electron chi connectivity index (χ3n) is 5.31. The lowest BCUT2D eigenvalue weighted by molar-refractivity contribution is -0.125. The summed E-state index contributed by atoms with van der Waals surface area (Å²) < 4.78 is 14.3. The lowest BCUT2D eigenvalue weighted by Gasteiger charge is -2.22. The van der Waals surface area contributed by atoms with Crippen molar-refractivity contribution >= 4 is 23.2 Å². The highest BCUT2D eigenvalue weighted by molar-refractivity contribution is 5.95. The second-order valence-electron chi connectivity index (χ2n) is 7.47. The summed E-state index contributed by atoms with van der Waals surface area (Å²) >= 11 is 0. The molecule has 142 valence electrons. The van der Waals surface area contributed by atoms with Gasteiger partial charge >= 0.3 is 0 Å². The molecule has 3 rings (SSSR count). The van der Waals surface area contributed by atoms with Gasteiger partial charge in [0.2, 0.25) is 11.8 Å². The number of hydrogen-bond acceptors (Lipinski definition) is 3. The van der Waals surface area contributed by atoms with Crippen molar-refractivity contribution < 1.29 is 14.0 Å². The SMILES string of the molecule is CC(CC(=O)Nc1c(F)cccc1N1CCCC1)NC(=O)C1CCCC1. The summed E-state index contributed by atoms with van der Waals surface area (Å²) in [5.41, 5.74) is 0.979. The topological polar surface area (TPSA) is 61.4 Å². The summed E-state index contributed by atoms with van der Waals surface area (Å²) in [6.45, 7) is 3.56. The van der Waals surface area contributed by atoms with Gasteiger partial charge in [-0.3, -0.25) is 9.59 Å². The van der Waals surface area contributed by atoms with Gasteiger partial charge in [0.25, 0.3) is 0 Å². The van der Waals surface area contributed by atoms with Crippen LogP contribution in [-0.2, 0) is 9.59 Å². The van der Waals surface area contributed by atoms with E-state index in [1.165, 1.54) is 6.07 Å². The van der Waals surface area contributed by atoms with E-state index in [1.807, 2.05) is 13.0 Å². The zero-order valence-corrected chi connectivity index (χ0v) is 15.4. The number of nitrogens with one attached hydrogen (secondary N) is 2. The van der Waals surface area contributed by atoms with Gasteiger partial charge in [0.1, 0.15) is 11.5 Å². The molecule has 1 aromatic rings. The summed E-state index contributed by atoms with van der Waals surface area (Å²) in [5, 5.41) is 5.64. The van der Waals surface area contributed by atoms with E-state index in [9.17, 15) is 14.0 Å². The van der Waals surface area contributed by atoms with Gasteiger partial charge in [0.05, 0.1) is 5.69 Å². The third-order valence-corrected chi connectivity index (χ3v) is 5.31. The Bertz CT molecular complexity index is 652. The summed E-state index contributed by atoms with van der Waals surface area (Å²) in [6.07, 6.45) is 6.34. The highest BCUT2D eigenvalue weighted by atomic mass is 19.1. The maximum absolute atomic E-state index is 14.3. The van der Waals surface area contributed by atoms with Gasteiger partial charge in [-0.25, -0.2) is 4.39 Å². The molecule has 2 aliphatic rings. The number of carbonyl (C=O) groups is 2. The average Bonchev–Trinajstić information content (AvgIpc) is 3.30. The van der Waals surface area contributed by atoms with Crippen molar-refractivity contribution in [2.45, 2.75) is 57.9 Å². The number of rotatable bonds is 6. The number of amides is 2. The smallest absolute Gasteiger partial charge is 0.226 e. The average molecular weight is 361 g/mol. The van der Waals surface area contributed by atoms with E-state index in [0.29, 0.717) is 0 Å². The molecule has 1 aliphatic heterocycles. The minimum Gasteiger partial charge on any atom is -0.370 e. The van der Waals surface area contributed by atoms with Gasteiger partial charge in [-0.05, 0) is 44.7 Å². The first-order valence-electron chi connectivity index (χ1n) is 9.68. The quantitative estimate of drug-likeness (QED) is 0.816. The molecule has 1 atom stereocenters. The van der Waals surface area contributed by atoms with Crippen LogP contribution in [0.2, 0.25) is 0 Å². The van der Waals surface area contributed by atoms with Crippen LogP contribution in [-0.4, -0.2) is 30.9 Å². The fraction of sp³-hybridized carbons (Fsp3) is 0.600. The van der Waals surface area contributed by atoms with Gasteiger partial charge in [0, 0.05) is 31.5 Å². The predicted octanol–water partition coefficient (Wildman–Crippen LogP) is 3.45. The number of nitrogens with zero attached hydrogens (tertiary/aromatic N) is 1. The molecule has 0 aromatic heterocycles. The van der Waals surface area contributed by atoms with Crippen LogP contribution >= 0.6 is 0 Å². The summed E-state index contributed by atoms with van der Waals surface area (Å²) in [4.78, 5) is 26.7. The molecule has 1 unspecified atom stereocenters. The molecule has 1 aliphatic carbocycles. The first-order valence-corrected chi connectivity index (χ1v) is 9.68. The van der Waals surface area contributed by atoms with Crippen LogP contribution < -0.4 is 15.5 Å². The van der Waals surface area contributed by atoms with Crippen LogP contribution in [0.15, 0.2) is 18.2 Å². The Hall–Kier alpha value is -2.11. The number of hydrogen-bond donors (Lipinski definition) is 2. The van der Waals surface area contributed by atoms with Gasteiger partial charge in [0.15, 0.2) is 0 Å². The minimum atomic E-state index is -0.426. The second-order valence-corrected chi connectivity index (χ2v) is 7.47. The summed E-state index contributed by atoms with van der Waals surface area (Å²) in [7, 11) is 0. The van der Waals surface area contributed by atoms with E-state index in [2.05, 4.69) is 15.5 Å². The molecule has 2 fully saturated rings. The summed E-state index contributed by atoms with van der Waals surface area (Å²) in [5.74, 6) is -0.597. The predicted molar refractivity (Wildman–Crippen MR) is 101 cm³/mol. The Morgan fingerprint density at radius 3 is 2.58 bits per heavy atom. The first-order chi connectivity index (χ1) is 12.5. The normalized spacial score (nSPS) is 18.8. The zero-order valence-electron chi connectivity index (χ0n) is 15.4. The van der Waals surface area contributed by atoms with Crippen molar-refractivity contribution in [2.75, 3.05) is 23.3 Å². The molecular formula is C20H28FN3O2. The van der Waals surface area contributed by atoms with E-state index in [4.69, 9.17) is 0 Å². The number of benzene rings is 1. The monoisotopic (exact) mass is 361 g/mol. The van der Waals surface area contributed by atoms with Crippen molar-refractivity contribution in [3.8, 4) is 0 Å². The molecule has 5 nitrogen and oxygen atoms in total. The van der Waals surface area contributed by atoms with E-state index in [-0.39, 0.29) is 35.9 Å². The largest absolute Gasteiger partial charge is 0.370 e. The molecule has 1 saturated carbocycles. The van der Waals surface area contributed by atoms with Crippen LogP contribution in [0, 0.1) is 11.7 Å². The van der Waals surface area contributed by atoms with Crippen LogP contribution in [0.4, 0.5) is 15.8 Å². The fourth-order valence-electron chi connectivity index (χ4n) is 3.93. The highest BCUT2D eigenvalue weighted by Crippen LogP contribution is 2.31. The molecule has 1 aromatic carbocycles. The minimum absolute atomic E-state index is 0.0337. The Morgan fingerprint density at radius 2 is 1.88 bits per heavy atom. The molecule has 2 N–H and O–H groups in total. The molecule has 1 saturated heterocycles. The van der Waals surface area contributed by atoms with E-state index < -0.39 is 5.82 Å². The Morgan fingerprint density at radius 1 is 1.19 bits per heavy atom. The fourth-order valence-corrected chi connectivity index (χ4v) is 3.93. The van der Waals surface area contributed by atoms with Gasteiger partial charge < -0.3 is 15.5 Å². The molecule has 0 radical (unpaired) electrons. The van der Waals surface area contributed by atoms with Crippen molar-refractivity contribution in [1.82, 2.24) is 5.32 Å². The third kappa shape index (κ3) is 4.54. The van der Waals surface area contributed by atoms with Gasteiger partial charge in [-0.15, -0.1) is 0 Å². The van der Waals surface area contributed by atoms with Crippen molar-refractivity contribution in [3.05, 3.63) is 24.0 Å². The van der Waals surface area contributed by atoms with Gasteiger partial charge in [-0.1, -0.05) is 18.9 Å². The van der Waals surface area contributed by atoms with Crippen molar-refractivity contribution in [3.63, 3.8) is 0 Å². The van der Waals surface area contributed by atoms with Gasteiger partial charge in [-0.2, -0.15) is 0 Å². The Labute approximate surface area is 154 Å². The molecule has 1 heterocycles. The Kier molecular flexibility index (Phi) is 6.12. The van der Waals surface area contributed by atoms with E-state index >= 15 is 0 Å². The zero-order chi connectivity index (χ0) is 18.5. The summed E-state index contributed by atoms with van der Waals surface area (Å²) in [6, 6.07) is 4.60. The maximum atomic E-state index is 14.3. The van der Waals surface area contributed by atoms with Crippen molar-refractivity contribution in [2.24, 2.45) is 5.92 Å². The number of halogens is 1. The standard InChI is InChI=1S/C20H28FN3O2/c1-14(22-20(26)15-7-2-3-8-15)13-18(25)23-19-16(21)9-6-10-17(19)24-11-4-5-12-24/h6,9-10,14-15H,2-5,7-8,11-13H2,1H3,(H,22,26)(H,23,25). The highest BCUT2D eigenvalue weighted by Gasteiger charge is 2.25. The van der Waals surface area contributed by atoms with E-state index in [0.717, 1.165) is 57.3 Å². The van der Waals surface area contributed by atoms with Crippen LogP contribution in [0.1, 0.15) is 51.9 Å².